The second-order valence-corrected chi connectivity index (χ2v) is 6.33. The summed E-state index contributed by atoms with van der Waals surface area (Å²) < 4.78 is 1.79. The average Bonchev–Trinajstić information content (AvgIpc) is 2.99. The summed E-state index contributed by atoms with van der Waals surface area (Å²) in [5, 5.41) is 3.22. The van der Waals surface area contributed by atoms with Crippen LogP contribution in [0.5, 0.6) is 0 Å². The molecule has 1 amide bonds. The Morgan fingerprint density at radius 1 is 1.18 bits per heavy atom. The van der Waals surface area contributed by atoms with E-state index >= 15 is 0 Å². The Morgan fingerprint density at radius 3 is 2.64 bits per heavy atom. The largest absolute Gasteiger partial charge is 0.324 e. The number of nitrogens with one attached hydrogen (secondary N) is 1. The number of hydrogen-bond acceptors (Lipinski definition) is 4. The molecule has 0 radical (unpaired) electrons. The number of carbonyl (C=O) groups excluding carboxylic acids is 1. The van der Waals surface area contributed by atoms with Crippen LogP contribution in [-0.2, 0) is 0 Å². The molecule has 0 saturated carbocycles. The molecular weight excluding hydrogens is 412 g/mol. The van der Waals surface area contributed by atoms with Gasteiger partial charge in [0.1, 0.15) is 0 Å². The topological polar surface area (TPSA) is 57.6 Å². The standard InChI is InChI=1S/C15H12Br2N4O/c16-11-4-1-5-12(17)13(11)20-15-19-7-8-21(15)14(22)10-3-2-6-18-9-10/h1-6,9H,7-8H2,(H,19,20). The Kier molecular flexibility index (Phi) is 4.54. The smallest absolute Gasteiger partial charge is 0.262 e. The molecule has 22 heavy (non-hydrogen) atoms. The Balaban J connectivity index is 1.84. The third-order valence-electron chi connectivity index (χ3n) is 3.19. The number of pyridine rings is 1. The van der Waals surface area contributed by atoms with Gasteiger partial charge in [-0.1, -0.05) is 6.07 Å². The monoisotopic (exact) mass is 422 g/mol. The van der Waals surface area contributed by atoms with Crippen molar-refractivity contribution in [1.29, 1.82) is 0 Å². The molecule has 1 aromatic carbocycles. The zero-order chi connectivity index (χ0) is 15.5. The number of hydrogen-bond donors (Lipinski definition) is 1. The summed E-state index contributed by atoms with van der Waals surface area (Å²) in [6.07, 6.45) is 3.21. The highest BCUT2D eigenvalue weighted by Gasteiger charge is 2.25. The van der Waals surface area contributed by atoms with E-state index < -0.39 is 0 Å². The van der Waals surface area contributed by atoms with Gasteiger partial charge in [0.15, 0.2) is 0 Å². The third kappa shape index (κ3) is 3.05. The van der Waals surface area contributed by atoms with E-state index in [1.54, 1.807) is 29.4 Å². The first-order valence-electron chi connectivity index (χ1n) is 6.64. The number of rotatable bonds is 2. The second-order valence-electron chi connectivity index (χ2n) is 4.63. The van der Waals surface area contributed by atoms with Crippen LogP contribution in [0.4, 0.5) is 5.69 Å². The van der Waals surface area contributed by atoms with E-state index in [1.807, 2.05) is 18.2 Å². The number of aliphatic imine (C=N–C) groups is 1. The van der Waals surface area contributed by atoms with E-state index in [0.29, 0.717) is 24.6 Å². The van der Waals surface area contributed by atoms with Crippen LogP contribution in [0, 0.1) is 0 Å². The highest BCUT2D eigenvalue weighted by Crippen LogP contribution is 2.31. The minimum atomic E-state index is -0.111. The summed E-state index contributed by atoms with van der Waals surface area (Å²) in [7, 11) is 0. The van der Waals surface area contributed by atoms with Crippen LogP contribution in [0.15, 0.2) is 56.7 Å². The molecule has 112 valence electrons. The van der Waals surface area contributed by atoms with Gasteiger partial charge in [0.2, 0.25) is 5.96 Å². The van der Waals surface area contributed by atoms with Crippen molar-refractivity contribution in [3.8, 4) is 0 Å². The molecule has 0 aliphatic carbocycles. The molecule has 0 fully saturated rings. The van der Waals surface area contributed by atoms with E-state index in [9.17, 15) is 4.79 Å². The summed E-state index contributed by atoms with van der Waals surface area (Å²) in [5.74, 6) is 0.432. The van der Waals surface area contributed by atoms with Crippen molar-refractivity contribution in [2.75, 3.05) is 18.4 Å². The predicted molar refractivity (Wildman–Crippen MR) is 93.0 cm³/mol. The van der Waals surface area contributed by atoms with E-state index in [4.69, 9.17) is 0 Å². The Bertz CT molecular complexity index is 713. The maximum Gasteiger partial charge on any atom is 0.262 e. The van der Waals surface area contributed by atoms with Crippen LogP contribution in [0.1, 0.15) is 10.4 Å². The summed E-state index contributed by atoms with van der Waals surface area (Å²) in [6.45, 7) is 1.13. The van der Waals surface area contributed by atoms with Gasteiger partial charge < -0.3 is 5.32 Å². The minimum absolute atomic E-state index is 0.111. The third-order valence-corrected chi connectivity index (χ3v) is 4.52. The molecule has 2 heterocycles. The number of guanidine groups is 1. The molecule has 5 nitrogen and oxygen atoms in total. The molecule has 0 atom stereocenters. The summed E-state index contributed by atoms with van der Waals surface area (Å²) in [5.41, 5.74) is 1.39. The molecular formula is C15H12Br2N4O. The van der Waals surface area contributed by atoms with Crippen molar-refractivity contribution >= 4 is 49.4 Å². The summed E-state index contributed by atoms with van der Waals surface area (Å²) in [6, 6.07) is 9.28. The number of amides is 1. The molecule has 0 spiro atoms. The second kappa shape index (κ2) is 6.58. The molecule has 3 rings (SSSR count). The first kappa shape index (κ1) is 15.2. The Morgan fingerprint density at radius 2 is 1.95 bits per heavy atom. The molecule has 7 heteroatoms. The lowest BCUT2D eigenvalue weighted by atomic mass is 10.2. The van der Waals surface area contributed by atoms with Crippen molar-refractivity contribution in [3.63, 3.8) is 0 Å². The molecule has 1 N–H and O–H groups in total. The highest BCUT2D eigenvalue weighted by atomic mass is 79.9. The SMILES string of the molecule is O=C(c1cccnc1)N1CCN=C1Nc1c(Br)cccc1Br. The van der Waals surface area contributed by atoms with Crippen molar-refractivity contribution in [1.82, 2.24) is 9.88 Å². The fourth-order valence-electron chi connectivity index (χ4n) is 2.13. The van der Waals surface area contributed by atoms with Gasteiger partial charge in [0.05, 0.1) is 17.8 Å². The van der Waals surface area contributed by atoms with Gasteiger partial charge in [-0.25, -0.2) is 0 Å². The van der Waals surface area contributed by atoms with Gasteiger partial charge in [0.25, 0.3) is 5.91 Å². The van der Waals surface area contributed by atoms with Gasteiger partial charge >= 0.3 is 0 Å². The van der Waals surface area contributed by atoms with E-state index in [1.165, 1.54) is 0 Å². The van der Waals surface area contributed by atoms with E-state index in [0.717, 1.165) is 14.6 Å². The first-order chi connectivity index (χ1) is 10.7. The van der Waals surface area contributed by atoms with Crippen LogP contribution < -0.4 is 5.32 Å². The number of para-hydroxylation sites is 1. The van der Waals surface area contributed by atoms with Crippen LogP contribution in [0.25, 0.3) is 0 Å². The minimum Gasteiger partial charge on any atom is -0.324 e. The number of aromatic nitrogens is 1. The molecule has 1 aromatic heterocycles. The van der Waals surface area contributed by atoms with Crippen molar-refractivity contribution < 1.29 is 4.79 Å². The summed E-state index contributed by atoms with van der Waals surface area (Å²) in [4.78, 5) is 22.6. The highest BCUT2D eigenvalue weighted by molar-refractivity contribution is 9.11. The predicted octanol–water partition coefficient (Wildman–Crippen LogP) is 3.53. The van der Waals surface area contributed by atoms with Gasteiger partial charge in [-0.2, -0.15) is 0 Å². The number of halogens is 2. The summed E-state index contributed by atoms with van der Waals surface area (Å²) >= 11 is 6.99. The number of nitrogens with zero attached hydrogens (tertiary/aromatic N) is 3. The zero-order valence-electron chi connectivity index (χ0n) is 11.5. The average molecular weight is 424 g/mol. The molecule has 1 aliphatic rings. The quantitative estimate of drug-likeness (QED) is 0.803. The fraction of sp³-hybridized carbons (Fsp3) is 0.133. The molecule has 0 saturated heterocycles. The zero-order valence-corrected chi connectivity index (χ0v) is 14.6. The molecule has 0 unspecified atom stereocenters. The Labute approximate surface area is 144 Å². The van der Waals surface area contributed by atoms with Gasteiger partial charge in [0, 0.05) is 27.9 Å². The Hall–Kier alpha value is -1.73. The fourth-order valence-corrected chi connectivity index (χ4v) is 3.32. The lowest BCUT2D eigenvalue weighted by Crippen LogP contribution is -2.38. The number of carbonyl (C=O) groups is 1. The molecule has 1 aliphatic heterocycles. The lowest BCUT2D eigenvalue weighted by Gasteiger charge is -2.20. The van der Waals surface area contributed by atoms with Crippen molar-refractivity contribution in [2.45, 2.75) is 0 Å². The van der Waals surface area contributed by atoms with Crippen molar-refractivity contribution in [2.24, 2.45) is 4.99 Å². The number of anilines is 1. The van der Waals surface area contributed by atoms with Gasteiger partial charge in [-0.05, 0) is 56.1 Å². The first-order valence-corrected chi connectivity index (χ1v) is 8.23. The van der Waals surface area contributed by atoms with Crippen LogP contribution in [0.3, 0.4) is 0 Å². The normalized spacial score (nSPS) is 13.9. The molecule has 2 aromatic rings. The van der Waals surface area contributed by atoms with Crippen LogP contribution in [0.2, 0.25) is 0 Å². The maximum atomic E-state index is 12.6. The van der Waals surface area contributed by atoms with Gasteiger partial charge in [-0.15, -0.1) is 0 Å². The van der Waals surface area contributed by atoms with Gasteiger partial charge in [-0.3, -0.25) is 19.7 Å². The van der Waals surface area contributed by atoms with Crippen molar-refractivity contribution in [3.05, 3.63) is 57.2 Å². The van der Waals surface area contributed by atoms with E-state index in [2.05, 4.69) is 47.2 Å². The molecule has 0 bridgehead atoms. The lowest BCUT2D eigenvalue weighted by molar-refractivity contribution is 0.0857. The van der Waals surface area contributed by atoms with Crippen LogP contribution >= 0.6 is 31.9 Å². The number of benzene rings is 1. The van der Waals surface area contributed by atoms with E-state index in [-0.39, 0.29) is 5.91 Å². The van der Waals surface area contributed by atoms with Crippen LogP contribution in [-0.4, -0.2) is 34.8 Å². The maximum absolute atomic E-state index is 12.6.